The second-order valence-electron chi connectivity index (χ2n) is 5.27. The maximum absolute atomic E-state index is 11.6. The third-order valence-electron chi connectivity index (χ3n) is 3.31. The zero-order chi connectivity index (χ0) is 15.8. The molecular formula is C18H22N2O2. The number of hydrogen-bond acceptors (Lipinski definition) is 2. The van der Waals surface area contributed by atoms with Gasteiger partial charge in [0.2, 0.25) is 0 Å². The van der Waals surface area contributed by atoms with Gasteiger partial charge in [-0.25, -0.2) is 4.79 Å². The first kappa shape index (κ1) is 15.9. The van der Waals surface area contributed by atoms with E-state index in [2.05, 4.69) is 41.8 Å². The monoisotopic (exact) mass is 298 g/mol. The van der Waals surface area contributed by atoms with Crippen LogP contribution in [-0.2, 0) is 6.42 Å². The van der Waals surface area contributed by atoms with Gasteiger partial charge in [-0.1, -0.05) is 47.5 Å². The maximum Gasteiger partial charge on any atom is 0.317 e. The Morgan fingerprint density at radius 3 is 2.14 bits per heavy atom. The Morgan fingerprint density at radius 1 is 0.909 bits per heavy atom. The summed E-state index contributed by atoms with van der Waals surface area (Å²) in [7, 11) is 0. The van der Waals surface area contributed by atoms with Crippen molar-refractivity contribution in [3.05, 3.63) is 65.2 Å². The molecule has 0 heterocycles. The topological polar surface area (TPSA) is 50.4 Å². The number of hydrogen-bond donors (Lipinski definition) is 2. The highest BCUT2D eigenvalue weighted by Gasteiger charge is 2.00. The normalized spacial score (nSPS) is 10.1. The summed E-state index contributed by atoms with van der Waals surface area (Å²) in [6.07, 6.45) is 0.812. The van der Waals surface area contributed by atoms with Crippen molar-refractivity contribution in [3.8, 4) is 5.75 Å². The van der Waals surface area contributed by atoms with Crippen LogP contribution in [0, 0.1) is 13.8 Å². The third kappa shape index (κ3) is 5.48. The fourth-order valence-electron chi connectivity index (χ4n) is 1.96. The van der Waals surface area contributed by atoms with E-state index in [9.17, 15) is 4.79 Å². The molecule has 116 valence electrons. The fourth-order valence-corrected chi connectivity index (χ4v) is 1.96. The first-order valence-corrected chi connectivity index (χ1v) is 7.40. The van der Waals surface area contributed by atoms with E-state index in [1.54, 1.807) is 0 Å². The van der Waals surface area contributed by atoms with Crippen molar-refractivity contribution in [2.75, 3.05) is 13.3 Å². The van der Waals surface area contributed by atoms with Crippen LogP contribution < -0.4 is 15.4 Å². The maximum atomic E-state index is 11.6. The van der Waals surface area contributed by atoms with Gasteiger partial charge in [0.1, 0.15) is 5.75 Å². The minimum absolute atomic E-state index is 0.152. The average molecular weight is 298 g/mol. The molecule has 0 aliphatic carbocycles. The number of carbonyl (C=O) groups is 1. The highest BCUT2D eigenvalue weighted by atomic mass is 16.5. The molecule has 0 spiro atoms. The molecule has 4 heteroatoms. The number of ether oxygens (including phenoxy) is 1. The van der Waals surface area contributed by atoms with Crippen LogP contribution in [0.4, 0.5) is 4.79 Å². The molecule has 0 radical (unpaired) electrons. The van der Waals surface area contributed by atoms with Crippen molar-refractivity contribution in [3.63, 3.8) is 0 Å². The second kappa shape index (κ2) is 8.08. The van der Waals surface area contributed by atoms with Crippen LogP contribution in [0.15, 0.2) is 48.5 Å². The van der Waals surface area contributed by atoms with E-state index in [1.165, 1.54) is 16.7 Å². The number of amides is 2. The lowest BCUT2D eigenvalue weighted by molar-refractivity contribution is 0.224. The van der Waals surface area contributed by atoms with Gasteiger partial charge >= 0.3 is 6.03 Å². The SMILES string of the molecule is Cc1ccc(CCNC(=O)NCOc2ccc(C)cc2)cc1. The van der Waals surface area contributed by atoms with Crippen LogP contribution >= 0.6 is 0 Å². The van der Waals surface area contributed by atoms with Gasteiger partial charge in [-0.3, -0.25) is 0 Å². The molecule has 2 amide bonds. The van der Waals surface area contributed by atoms with Crippen LogP contribution in [0.5, 0.6) is 5.75 Å². The molecule has 0 atom stereocenters. The summed E-state index contributed by atoms with van der Waals surface area (Å²) in [5.41, 5.74) is 3.62. The van der Waals surface area contributed by atoms with Gasteiger partial charge in [0, 0.05) is 6.54 Å². The standard InChI is InChI=1S/C18H22N2O2/c1-14-3-7-16(8-4-14)11-12-19-18(21)20-13-22-17-9-5-15(2)6-10-17/h3-10H,11-13H2,1-2H3,(H2,19,20,21). The summed E-state index contributed by atoms with van der Waals surface area (Å²) in [6.45, 7) is 4.83. The van der Waals surface area contributed by atoms with Crippen molar-refractivity contribution < 1.29 is 9.53 Å². The second-order valence-corrected chi connectivity index (χ2v) is 5.27. The van der Waals surface area contributed by atoms with Gasteiger partial charge in [-0.05, 0) is 38.0 Å². The highest BCUT2D eigenvalue weighted by Crippen LogP contribution is 2.10. The summed E-state index contributed by atoms with van der Waals surface area (Å²) in [4.78, 5) is 11.6. The first-order valence-electron chi connectivity index (χ1n) is 7.40. The summed E-state index contributed by atoms with van der Waals surface area (Å²) in [6, 6.07) is 15.8. The molecule has 0 saturated carbocycles. The van der Waals surface area contributed by atoms with Crippen LogP contribution in [0.1, 0.15) is 16.7 Å². The first-order chi connectivity index (χ1) is 10.6. The highest BCUT2D eigenvalue weighted by molar-refractivity contribution is 5.73. The van der Waals surface area contributed by atoms with E-state index in [4.69, 9.17) is 4.74 Å². The van der Waals surface area contributed by atoms with Gasteiger partial charge in [-0.2, -0.15) is 0 Å². The van der Waals surface area contributed by atoms with E-state index in [0.29, 0.717) is 6.54 Å². The van der Waals surface area contributed by atoms with E-state index in [-0.39, 0.29) is 12.8 Å². The Hall–Kier alpha value is -2.49. The van der Waals surface area contributed by atoms with E-state index < -0.39 is 0 Å². The molecule has 0 bridgehead atoms. The third-order valence-corrected chi connectivity index (χ3v) is 3.31. The average Bonchev–Trinajstić information content (AvgIpc) is 2.51. The van der Waals surface area contributed by atoms with E-state index in [1.807, 2.05) is 31.2 Å². The van der Waals surface area contributed by atoms with E-state index in [0.717, 1.165) is 12.2 Å². The number of urea groups is 1. The Bertz CT molecular complexity index is 538. The lowest BCUT2D eigenvalue weighted by Crippen LogP contribution is -2.38. The molecule has 0 unspecified atom stereocenters. The number of rotatable bonds is 6. The number of aryl methyl sites for hydroxylation is 2. The number of carbonyl (C=O) groups excluding carboxylic acids is 1. The smallest absolute Gasteiger partial charge is 0.317 e. The van der Waals surface area contributed by atoms with Crippen LogP contribution in [0.25, 0.3) is 0 Å². The van der Waals surface area contributed by atoms with Gasteiger partial charge < -0.3 is 15.4 Å². The predicted molar refractivity (Wildman–Crippen MR) is 88.1 cm³/mol. The Kier molecular flexibility index (Phi) is 5.83. The molecule has 2 aromatic rings. The predicted octanol–water partition coefficient (Wildman–Crippen LogP) is 3.18. The molecule has 0 aliphatic heterocycles. The zero-order valence-corrected chi connectivity index (χ0v) is 13.1. The van der Waals surface area contributed by atoms with Crippen LogP contribution in [0.2, 0.25) is 0 Å². The van der Waals surface area contributed by atoms with Gasteiger partial charge in [0.15, 0.2) is 6.73 Å². The van der Waals surface area contributed by atoms with Crippen molar-refractivity contribution in [2.24, 2.45) is 0 Å². The molecule has 0 aromatic heterocycles. The Labute approximate surface area is 131 Å². The van der Waals surface area contributed by atoms with Crippen molar-refractivity contribution in [2.45, 2.75) is 20.3 Å². The molecule has 2 aromatic carbocycles. The number of benzene rings is 2. The fraction of sp³-hybridized carbons (Fsp3) is 0.278. The summed E-state index contributed by atoms with van der Waals surface area (Å²) in [5, 5.41) is 5.48. The molecule has 2 N–H and O–H groups in total. The largest absolute Gasteiger partial charge is 0.473 e. The molecule has 22 heavy (non-hydrogen) atoms. The van der Waals surface area contributed by atoms with Crippen LogP contribution in [0.3, 0.4) is 0 Å². The van der Waals surface area contributed by atoms with Gasteiger partial charge in [0.05, 0.1) is 0 Å². The van der Waals surface area contributed by atoms with Crippen molar-refractivity contribution in [1.82, 2.24) is 10.6 Å². The molecule has 4 nitrogen and oxygen atoms in total. The minimum Gasteiger partial charge on any atom is -0.473 e. The summed E-state index contributed by atoms with van der Waals surface area (Å²) < 4.78 is 5.44. The minimum atomic E-state index is -0.223. The van der Waals surface area contributed by atoms with Crippen molar-refractivity contribution in [1.29, 1.82) is 0 Å². The van der Waals surface area contributed by atoms with Gasteiger partial charge in [-0.15, -0.1) is 0 Å². The molecule has 0 saturated heterocycles. The lowest BCUT2D eigenvalue weighted by atomic mass is 10.1. The summed E-state index contributed by atoms with van der Waals surface area (Å²) in [5.74, 6) is 0.741. The Morgan fingerprint density at radius 2 is 1.50 bits per heavy atom. The molecule has 2 rings (SSSR count). The number of nitrogens with one attached hydrogen (secondary N) is 2. The van der Waals surface area contributed by atoms with Crippen molar-refractivity contribution >= 4 is 6.03 Å². The van der Waals surface area contributed by atoms with Crippen LogP contribution in [-0.4, -0.2) is 19.3 Å². The van der Waals surface area contributed by atoms with Gasteiger partial charge in [0.25, 0.3) is 0 Å². The summed E-state index contributed by atoms with van der Waals surface area (Å²) >= 11 is 0. The quantitative estimate of drug-likeness (QED) is 0.805. The zero-order valence-electron chi connectivity index (χ0n) is 13.1. The molecule has 0 aliphatic rings. The molecule has 0 fully saturated rings. The van der Waals surface area contributed by atoms with E-state index >= 15 is 0 Å². The Balaban J connectivity index is 1.61. The lowest BCUT2D eigenvalue weighted by Gasteiger charge is -2.09. The molecular weight excluding hydrogens is 276 g/mol.